The molecule has 160 valence electrons. The molecule has 2 amide bonds. The number of anilines is 3. The second-order valence-electron chi connectivity index (χ2n) is 8.07. The van der Waals surface area contributed by atoms with Crippen molar-refractivity contribution in [1.82, 2.24) is 19.8 Å². The summed E-state index contributed by atoms with van der Waals surface area (Å²) in [6, 6.07) is 7.04. The van der Waals surface area contributed by atoms with Gasteiger partial charge in [-0.05, 0) is 25.2 Å². The van der Waals surface area contributed by atoms with Gasteiger partial charge in [0.15, 0.2) is 0 Å². The Kier molecular flexibility index (Phi) is 5.97. The van der Waals surface area contributed by atoms with Crippen molar-refractivity contribution in [2.45, 2.75) is 13.0 Å². The molecule has 0 atom stereocenters. The van der Waals surface area contributed by atoms with Crippen LogP contribution in [0.25, 0.3) is 0 Å². The number of rotatable bonds is 3. The Morgan fingerprint density at radius 1 is 1.13 bits per heavy atom. The standard InChI is InChI=1S/C21H28ClN7O/c1-26(2)19-17-14-29(21(30)23-16-6-4-5-15(22)13-16)8-7-18(17)24-20(25-19)28-11-9-27(3)10-12-28/h4-6,13H,7-12,14H2,1-3H3,(H,23,30). The second kappa shape index (κ2) is 8.65. The van der Waals surface area contributed by atoms with Gasteiger partial charge in [-0.3, -0.25) is 0 Å². The number of hydrogen-bond acceptors (Lipinski definition) is 6. The summed E-state index contributed by atoms with van der Waals surface area (Å²) in [6.45, 7) is 4.97. The van der Waals surface area contributed by atoms with Gasteiger partial charge in [-0.25, -0.2) is 9.78 Å². The third kappa shape index (κ3) is 4.44. The number of hydrogen-bond donors (Lipinski definition) is 1. The fraction of sp³-hybridized carbons (Fsp3) is 0.476. The van der Waals surface area contributed by atoms with Crippen molar-refractivity contribution in [2.75, 3.05) is 69.0 Å². The Labute approximate surface area is 182 Å². The van der Waals surface area contributed by atoms with Crippen LogP contribution in [-0.2, 0) is 13.0 Å². The molecule has 2 aliphatic heterocycles. The molecule has 0 saturated carbocycles. The van der Waals surface area contributed by atoms with Crippen molar-refractivity contribution in [3.63, 3.8) is 0 Å². The minimum absolute atomic E-state index is 0.143. The van der Waals surface area contributed by atoms with Crippen LogP contribution in [0.3, 0.4) is 0 Å². The summed E-state index contributed by atoms with van der Waals surface area (Å²) >= 11 is 6.03. The molecular weight excluding hydrogens is 402 g/mol. The Balaban J connectivity index is 1.54. The molecular formula is C21H28ClN7O. The maximum atomic E-state index is 12.8. The molecule has 1 fully saturated rings. The van der Waals surface area contributed by atoms with Crippen molar-refractivity contribution >= 4 is 35.1 Å². The Morgan fingerprint density at radius 3 is 2.60 bits per heavy atom. The maximum absolute atomic E-state index is 12.8. The van der Waals surface area contributed by atoms with Gasteiger partial charge in [-0.1, -0.05) is 17.7 Å². The molecule has 30 heavy (non-hydrogen) atoms. The fourth-order valence-corrected chi connectivity index (χ4v) is 4.03. The largest absolute Gasteiger partial charge is 0.362 e. The number of carbonyl (C=O) groups excluding carboxylic acids is 1. The van der Waals surface area contributed by atoms with Crippen LogP contribution in [0.2, 0.25) is 5.02 Å². The van der Waals surface area contributed by atoms with Gasteiger partial charge in [0, 0.05) is 69.5 Å². The lowest BCUT2D eigenvalue weighted by molar-refractivity contribution is 0.206. The van der Waals surface area contributed by atoms with E-state index < -0.39 is 0 Å². The zero-order valence-corrected chi connectivity index (χ0v) is 18.5. The Bertz CT molecular complexity index is 928. The predicted molar refractivity (Wildman–Crippen MR) is 121 cm³/mol. The number of piperazine rings is 1. The van der Waals surface area contributed by atoms with Gasteiger partial charge >= 0.3 is 6.03 Å². The Hall–Kier alpha value is -2.58. The number of aromatic nitrogens is 2. The summed E-state index contributed by atoms with van der Waals surface area (Å²) in [4.78, 5) is 31.0. The van der Waals surface area contributed by atoms with Crippen LogP contribution in [0.1, 0.15) is 11.3 Å². The van der Waals surface area contributed by atoms with Gasteiger partial charge in [-0.2, -0.15) is 4.98 Å². The molecule has 1 N–H and O–H groups in total. The van der Waals surface area contributed by atoms with Crippen molar-refractivity contribution in [1.29, 1.82) is 0 Å². The first-order valence-corrected chi connectivity index (χ1v) is 10.6. The van der Waals surface area contributed by atoms with Gasteiger partial charge < -0.3 is 24.9 Å². The second-order valence-corrected chi connectivity index (χ2v) is 8.51. The van der Waals surface area contributed by atoms with Crippen LogP contribution < -0.4 is 15.1 Å². The summed E-state index contributed by atoms with van der Waals surface area (Å²) in [5, 5.41) is 3.53. The van der Waals surface area contributed by atoms with E-state index in [4.69, 9.17) is 21.6 Å². The molecule has 0 unspecified atom stereocenters. The lowest BCUT2D eigenvalue weighted by Crippen LogP contribution is -2.46. The molecule has 1 aromatic heterocycles. The first-order chi connectivity index (χ1) is 14.4. The highest BCUT2D eigenvalue weighted by Gasteiger charge is 2.28. The maximum Gasteiger partial charge on any atom is 0.322 e. The lowest BCUT2D eigenvalue weighted by Gasteiger charge is -2.35. The monoisotopic (exact) mass is 429 g/mol. The van der Waals surface area contributed by atoms with E-state index in [9.17, 15) is 4.79 Å². The molecule has 9 heteroatoms. The molecule has 0 aliphatic carbocycles. The van der Waals surface area contributed by atoms with Gasteiger partial charge in [-0.15, -0.1) is 0 Å². The summed E-state index contributed by atoms with van der Waals surface area (Å²) < 4.78 is 0. The van der Waals surface area contributed by atoms with E-state index in [1.165, 1.54) is 0 Å². The minimum atomic E-state index is -0.143. The lowest BCUT2D eigenvalue weighted by atomic mass is 10.1. The van der Waals surface area contributed by atoms with Gasteiger partial charge in [0.1, 0.15) is 5.82 Å². The van der Waals surface area contributed by atoms with E-state index in [1.807, 2.05) is 31.1 Å². The number of nitrogens with one attached hydrogen (secondary N) is 1. The van der Waals surface area contributed by atoms with Crippen LogP contribution in [-0.4, -0.2) is 79.7 Å². The topological polar surface area (TPSA) is 67.8 Å². The quantitative estimate of drug-likeness (QED) is 0.808. The average Bonchev–Trinajstić information content (AvgIpc) is 2.73. The van der Waals surface area contributed by atoms with Crippen molar-refractivity contribution in [3.8, 4) is 0 Å². The van der Waals surface area contributed by atoms with Crippen molar-refractivity contribution < 1.29 is 4.79 Å². The molecule has 0 bridgehead atoms. The van der Waals surface area contributed by atoms with Crippen LogP contribution >= 0.6 is 11.6 Å². The smallest absolute Gasteiger partial charge is 0.322 e. The molecule has 4 rings (SSSR count). The van der Waals surface area contributed by atoms with Gasteiger partial charge in [0.25, 0.3) is 0 Å². The molecule has 2 aliphatic rings. The number of likely N-dealkylation sites (N-methyl/N-ethyl adjacent to an activating group) is 1. The first kappa shape index (κ1) is 20.7. The Morgan fingerprint density at radius 2 is 1.90 bits per heavy atom. The van der Waals surface area contributed by atoms with Gasteiger partial charge in [0.2, 0.25) is 5.95 Å². The third-order valence-electron chi connectivity index (χ3n) is 5.60. The average molecular weight is 430 g/mol. The number of urea groups is 1. The highest BCUT2D eigenvalue weighted by atomic mass is 35.5. The first-order valence-electron chi connectivity index (χ1n) is 10.2. The van der Waals surface area contributed by atoms with E-state index in [0.29, 0.717) is 30.2 Å². The number of halogens is 1. The van der Waals surface area contributed by atoms with Gasteiger partial charge in [0.05, 0.1) is 12.2 Å². The normalized spacial score (nSPS) is 16.9. The van der Waals surface area contributed by atoms with E-state index in [2.05, 4.69) is 22.2 Å². The number of amides is 2. The molecule has 0 spiro atoms. The van der Waals surface area contributed by atoms with E-state index in [1.54, 1.807) is 17.0 Å². The number of benzene rings is 1. The summed E-state index contributed by atoms with van der Waals surface area (Å²) in [5.74, 6) is 1.68. The van der Waals surface area contributed by atoms with E-state index >= 15 is 0 Å². The molecule has 1 saturated heterocycles. The minimum Gasteiger partial charge on any atom is -0.362 e. The highest BCUT2D eigenvalue weighted by Crippen LogP contribution is 2.29. The third-order valence-corrected chi connectivity index (χ3v) is 5.83. The zero-order valence-electron chi connectivity index (χ0n) is 17.7. The number of nitrogens with zero attached hydrogens (tertiary/aromatic N) is 6. The number of fused-ring (bicyclic) bond motifs is 1. The SMILES string of the molecule is CN1CCN(c2nc3c(c(N(C)C)n2)CN(C(=O)Nc2cccc(Cl)c2)CC3)CC1. The van der Waals surface area contributed by atoms with Crippen molar-refractivity contribution in [2.24, 2.45) is 0 Å². The predicted octanol–water partition coefficient (Wildman–Crippen LogP) is 2.54. The summed E-state index contributed by atoms with van der Waals surface area (Å²) in [6.07, 6.45) is 0.711. The van der Waals surface area contributed by atoms with Crippen LogP contribution in [0.4, 0.5) is 22.2 Å². The summed E-state index contributed by atoms with van der Waals surface area (Å²) in [5.41, 5.74) is 2.74. The van der Waals surface area contributed by atoms with Crippen LogP contribution in [0.15, 0.2) is 24.3 Å². The molecule has 2 aromatic rings. The highest BCUT2D eigenvalue weighted by molar-refractivity contribution is 6.30. The van der Waals surface area contributed by atoms with Crippen LogP contribution in [0.5, 0.6) is 0 Å². The molecule has 0 radical (unpaired) electrons. The molecule has 3 heterocycles. The fourth-order valence-electron chi connectivity index (χ4n) is 3.84. The molecule has 1 aromatic carbocycles. The van der Waals surface area contributed by atoms with Crippen LogP contribution in [0, 0.1) is 0 Å². The van der Waals surface area contributed by atoms with Crippen molar-refractivity contribution in [3.05, 3.63) is 40.5 Å². The number of carbonyl (C=O) groups is 1. The van der Waals surface area contributed by atoms with E-state index in [0.717, 1.165) is 49.2 Å². The summed E-state index contributed by atoms with van der Waals surface area (Å²) in [7, 11) is 6.11. The van der Waals surface area contributed by atoms with E-state index in [-0.39, 0.29) is 6.03 Å². The zero-order chi connectivity index (χ0) is 21.3. The molecule has 8 nitrogen and oxygen atoms in total.